The van der Waals surface area contributed by atoms with E-state index in [0.717, 1.165) is 20.9 Å². The van der Waals surface area contributed by atoms with E-state index in [-0.39, 0.29) is 9.92 Å². The number of pyridine rings is 1. The Bertz CT molecular complexity index is 1220. The van der Waals surface area contributed by atoms with E-state index in [4.69, 9.17) is 23.2 Å². The maximum absolute atomic E-state index is 12.6. The van der Waals surface area contributed by atoms with E-state index in [1.165, 1.54) is 29.5 Å². The van der Waals surface area contributed by atoms with Crippen molar-refractivity contribution in [1.29, 1.82) is 0 Å². The Kier molecular flexibility index (Phi) is 4.77. The molecule has 27 heavy (non-hydrogen) atoms. The van der Waals surface area contributed by atoms with Crippen LogP contribution in [0, 0.1) is 0 Å². The lowest BCUT2D eigenvalue weighted by Gasteiger charge is -2.09. The maximum Gasteiger partial charge on any atom is 0.261 e. The summed E-state index contributed by atoms with van der Waals surface area (Å²) in [5.74, 6) is 0. The predicted molar refractivity (Wildman–Crippen MR) is 110 cm³/mol. The zero-order valence-electron chi connectivity index (χ0n) is 13.6. The Labute approximate surface area is 169 Å². The van der Waals surface area contributed by atoms with Crippen LogP contribution in [-0.4, -0.2) is 18.4 Å². The molecule has 0 aliphatic carbocycles. The first-order valence-electron chi connectivity index (χ1n) is 7.72. The van der Waals surface area contributed by atoms with Crippen molar-refractivity contribution in [2.75, 3.05) is 4.72 Å². The van der Waals surface area contributed by atoms with Crippen LogP contribution in [0.5, 0.6) is 0 Å². The first kappa shape index (κ1) is 18.2. The summed E-state index contributed by atoms with van der Waals surface area (Å²) in [6, 6.07) is 14.9. The van der Waals surface area contributed by atoms with E-state index in [2.05, 4.69) is 14.7 Å². The van der Waals surface area contributed by atoms with Gasteiger partial charge in [-0.1, -0.05) is 46.7 Å². The van der Waals surface area contributed by atoms with Gasteiger partial charge in [0.2, 0.25) is 0 Å². The average Bonchev–Trinajstić information content (AvgIpc) is 3.08. The summed E-state index contributed by atoms with van der Waals surface area (Å²) in [4.78, 5) is 9.69. The Morgan fingerprint density at radius 3 is 2.59 bits per heavy atom. The van der Waals surface area contributed by atoms with E-state index < -0.39 is 10.0 Å². The minimum absolute atomic E-state index is 0.0338. The topological polar surface area (TPSA) is 72.0 Å². The minimum Gasteiger partial charge on any atom is -0.280 e. The van der Waals surface area contributed by atoms with Crippen LogP contribution >= 0.6 is 34.5 Å². The summed E-state index contributed by atoms with van der Waals surface area (Å²) in [5, 5.41) is 1.23. The van der Waals surface area contributed by atoms with Crippen LogP contribution < -0.4 is 4.72 Å². The van der Waals surface area contributed by atoms with Crippen LogP contribution in [0.2, 0.25) is 10.0 Å². The van der Waals surface area contributed by atoms with Crippen LogP contribution in [0.1, 0.15) is 0 Å². The molecule has 4 rings (SSSR count). The lowest BCUT2D eigenvalue weighted by Crippen LogP contribution is -2.12. The van der Waals surface area contributed by atoms with Crippen LogP contribution in [0.15, 0.2) is 65.7 Å². The van der Waals surface area contributed by atoms with Gasteiger partial charge < -0.3 is 0 Å². The van der Waals surface area contributed by atoms with Crippen molar-refractivity contribution in [1.82, 2.24) is 9.97 Å². The summed E-state index contributed by atoms with van der Waals surface area (Å²) in [7, 11) is -3.80. The van der Waals surface area contributed by atoms with E-state index in [1.807, 2.05) is 18.2 Å². The number of benzene rings is 2. The molecule has 0 saturated carbocycles. The molecule has 0 aliphatic rings. The van der Waals surface area contributed by atoms with Crippen molar-refractivity contribution in [2.45, 2.75) is 4.90 Å². The van der Waals surface area contributed by atoms with Crippen LogP contribution in [-0.2, 0) is 10.0 Å². The largest absolute Gasteiger partial charge is 0.280 e. The second-order valence-electron chi connectivity index (χ2n) is 5.61. The van der Waals surface area contributed by atoms with E-state index in [0.29, 0.717) is 10.7 Å². The normalized spacial score (nSPS) is 11.6. The molecule has 9 heteroatoms. The SMILES string of the molecule is O=S(=O)(Nc1cccc(-c2nc3cccnc3s2)c1)c1ccc(Cl)c(Cl)c1. The molecule has 5 nitrogen and oxygen atoms in total. The zero-order valence-corrected chi connectivity index (χ0v) is 16.7. The summed E-state index contributed by atoms with van der Waals surface area (Å²) in [6.07, 6.45) is 1.71. The van der Waals surface area contributed by atoms with Gasteiger partial charge in [0, 0.05) is 17.4 Å². The molecule has 2 heterocycles. The Morgan fingerprint density at radius 2 is 1.81 bits per heavy atom. The molecule has 136 valence electrons. The van der Waals surface area contributed by atoms with Crippen molar-refractivity contribution in [2.24, 2.45) is 0 Å². The van der Waals surface area contributed by atoms with Crippen LogP contribution in [0.4, 0.5) is 5.69 Å². The first-order valence-corrected chi connectivity index (χ1v) is 10.8. The van der Waals surface area contributed by atoms with Gasteiger partial charge in [0.1, 0.15) is 15.4 Å². The molecule has 0 radical (unpaired) electrons. The lowest BCUT2D eigenvalue weighted by atomic mass is 10.2. The molecule has 2 aromatic heterocycles. The highest BCUT2D eigenvalue weighted by molar-refractivity contribution is 7.92. The second kappa shape index (κ2) is 7.09. The molecule has 0 atom stereocenters. The van der Waals surface area contributed by atoms with Gasteiger partial charge in [0.25, 0.3) is 10.0 Å². The molecular weight excluding hydrogens is 425 g/mol. The highest BCUT2D eigenvalue weighted by atomic mass is 35.5. The molecular formula is C18H11Cl2N3O2S2. The number of nitrogens with zero attached hydrogens (tertiary/aromatic N) is 2. The number of hydrogen-bond donors (Lipinski definition) is 1. The number of thiazole rings is 1. The third kappa shape index (κ3) is 3.77. The molecule has 0 bridgehead atoms. The smallest absolute Gasteiger partial charge is 0.261 e. The van der Waals surface area contributed by atoms with Gasteiger partial charge in [-0.05, 0) is 42.5 Å². The number of hydrogen-bond acceptors (Lipinski definition) is 5. The Balaban J connectivity index is 1.67. The number of sulfonamides is 1. The fourth-order valence-corrected chi connectivity index (χ4v) is 4.81. The number of nitrogens with one attached hydrogen (secondary N) is 1. The van der Waals surface area contributed by atoms with Gasteiger partial charge in [-0.25, -0.2) is 18.4 Å². The van der Waals surface area contributed by atoms with E-state index >= 15 is 0 Å². The van der Waals surface area contributed by atoms with Gasteiger partial charge in [0.05, 0.1) is 14.9 Å². The van der Waals surface area contributed by atoms with Crippen LogP contribution in [0.3, 0.4) is 0 Å². The van der Waals surface area contributed by atoms with Crippen molar-refractivity contribution in [3.8, 4) is 10.6 Å². The number of anilines is 1. The van der Waals surface area contributed by atoms with Gasteiger partial charge in [-0.3, -0.25) is 4.72 Å². The predicted octanol–water partition coefficient (Wildman–Crippen LogP) is 5.47. The number of aromatic nitrogens is 2. The zero-order chi connectivity index (χ0) is 19.0. The number of halogens is 2. The summed E-state index contributed by atoms with van der Waals surface area (Å²) in [5.41, 5.74) is 2.03. The molecule has 0 aliphatic heterocycles. The molecule has 0 saturated heterocycles. The van der Waals surface area contributed by atoms with Crippen LogP contribution in [0.25, 0.3) is 20.9 Å². The Morgan fingerprint density at radius 1 is 0.963 bits per heavy atom. The number of fused-ring (bicyclic) bond motifs is 1. The fourth-order valence-electron chi connectivity index (χ4n) is 2.47. The molecule has 0 amide bonds. The first-order chi connectivity index (χ1) is 12.9. The number of rotatable bonds is 4. The van der Waals surface area contributed by atoms with E-state index in [9.17, 15) is 8.42 Å². The summed E-state index contributed by atoms with van der Waals surface area (Å²) >= 11 is 13.2. The molecule has 0 fully saturated rings. The third-order valence-electron chi connectivity index (χ3n) is 3.73. The highest BCUT2D eigenvalue weighted by Gasteiger charge is 2.16. The fraction of sp³-hybridized carbons (Fsp3) is 0. The van der Waals surface area contributed by atoms with Crippen molar-refractivity contribution in [3.63, 3.8) is 0 Å². The molecule has 2 aromatic carbocycles. The Hall–Kier alpha value is -2.19. The van der Waals surface area contributed by atoms with Gasteiger partial charge in [-0.15, -0.1) is 0 Å². The van der Waals surface area contributed by atoms with Crippen molar-refractivity contribution >= 4 is 60.6 Å². The summed E-state index contributed by atoms with van der Waals surface area (Å²) < 4.78 is 27.8. The quantitative estimate of drug-likeness (QED) is 0.461. The second-order valence-corrected chi connectivity index (χ2v) is 9.08. The molecule has 4 aromatic rings. The minimum atomic E-state index is -3.80. The monoisotopic (exact) mass is 435 g/mol. The van der Waals surface area contributed by atoms with Gasteiger partial charge >= 0.3 is 0 Å². The van der Waals surface area contributed by atoms with E-state index in [1.54, 1.807) is 24.4 Å². The van der Waals surface area contributed by atoms with Crippen molar-refractivity contribution < 1.29 is 8.42 Å². The molecule has 0 spiro atoms. The van der Waals surface area contributed by atoms with Gasteiger partial charge in [0.15, 0.2) is 0 Å². The standard InChI is InChI=1S/C18H11Cl2N3O2S2/c19-14-7-6-13(10-15(14)20)27(24,25)23-12-4-1-3-11(9-12)17-22-16-5-2-8-21-18(16)26-17/h1-10,23H. The van der Waals surface area contributed by atoms with Crippen molar-refractivity contribution in [3.05, 3.63) is 70.8 Å². The maximum atomic E-state index is 12.6. The highest BCUT2D eigenvalue weighted by Crippen LogP contribution is 2.31. The molecule has 1 N–H and O–H groups in total. The lowest BCUT2D eigenvalue weighted by molar-refractivity contribution is 0.601. The molecule has 0 unspecified atom stereocenters. The summed E-state index contributed by atoms with van der Waals surface area (Å²) in [6.45, 7) is 0. The third-order valence-corrected chi connectivity index (χ3v) is 6.88. The van der Waals surface area contributed by atoms with Gasteiger partial charge in [-0.2, -0.15) is 0 Å². The average molecular weight is 436 g/mol.